The number of hydrogen-bond acceptors (Lipinski definition) is 1. The maximum Gasteiger partial charge on any atom is 0.228 e. The predicted molar refractivity (Wildman–Crippen MR) is 65.4 cm³/mol. The first-order chi connectivity index (χ1) is 8.06. The minimum atomic E-state index is -0.705. The molecule has 0 aromatic heterocycles. The Morgan fingerprint density at radius 3 is 2.47 bits per heavy atom. The van der Waals surface area contributed by atoms with E-state index in [1.807, 2.05) is 0 Å². The van der Waals surface area contributed by atoms with Gasteiger partial charge in [0.15, 0.2) is 0 Å². The van der Waals surface area contributed by atoms with E-state index >= 15 is 0 Å². The molecule has 2 rings (SSSR count). The van der Waals surface area contributed by atoms with E-state index in [9.17, 15) is 9.18 Å². The summed E-state index contributed by atoms with van der Waals surface area (Å²) in [7, 11) is 0. The van der Waals surface area contributed by atoms with Gasteiger partial charge in [0.1, 0.15) is 5.82 Å². The molecule has 1 aliphatic carbocycles. The molecule has 0 bridgehead atoms. The highest BCUT2D eigenvalue weighted by molar-refractivity contribution is 6.30. The Hall–Kier alpha value is -1.09. The normalized spacial score (nSPS) is 18.9. The molecule has 0 radical (unpaired) electrons. The second-order valence-corrected chi connectivity index (χ2v) is 5.04. The predicted octanol–water partition coefficient (Wildman–Crippen LogP) is 3.17. The molecule has 1 fully saturated rings. The van der Waals surface area contributed by atoms with Gasteiger partial charge in [0, 0.05) is 0 Å². The van der Waals surface area contributed by atoms with Gasteiger partial charge in [0.2, 0.25) is 5.91 Å². The number of amides is 1. The SMILES string of the molecule is NC(=O)C1(c2ccc(Cl)c(F)c2)CCCCC1. The molecular weight excluding hydrogens is 241 g/mol. The van der Waals surface area contributed by atoms with Crippen molar-refractivity contribution < 1.29 is 9.18 Å². The zero-order chi connectivity index (χ0) is 12.5. The lowest BCUT2D eigenvalue weighted by Crippen LogP contribution is -2.42. The van der Waals surface area contributed by atoms with Gasteiger partial charge in [-0.15, -0.1) is 0 Å². The second-order valence-electron chi connectivity index (χ2n) is 4.64. The van der Waals surface area contributed by atoms with E-state index in [1.54, 1.807) is 6.07 Å². The van der Waals surface area contributed by atoms with Crippen LogP contribution in [-0.4, -0.2) is 5.91 Å². The summed E-state index contributed by atoms with van der Waals surface area (Å²) in [6.45, 7) is 0. The fourth-order valence-electron chi connectivity index (χ4n) is 2.63. The highest BCUT2D eigenvalue weighted by Gasteiger charge is 2.39. The largest absolute Gasteiger partial charge is 0.369 e. The molecule has 92 valence electrons. The molecule has 2 N–H and O–H groups in total. The van der Waals surface area contributed by atoms with Gasteiger partial charge in [-0.1, -0.05) is 36.9 Å². The number of halogens is 2. The van der Waals surface area contributed by atoms with Gasteiger partial charge in [-0.3, -0.25) is 4.79 Å². The minimum absolute atomic E-state index is 0.0733. The maximum atomic E-state index is 13.5. The maximum absolute atomic E-state index is 13.5. The Morgan fingerprint density at radius 2 is 1.94 bits per heavy atom. The van der Waals surface area contributed by atoms with Gasteiger partial charge in [0.25, 0.3) is 0 Å². The third-order valence-electron chi connectivity index (χ3n) is 3.65. The van der Waals surface area contributed by atoms with Gasteiger partial charge in [-0.2, -0.15) is 0 Å². The molecular formula is C13H15ClFNO. The van der Waals surface area contributed by atoms with Crippen LogP contribution in [0.3, 0.4) is 0 Å². The summed E-state index contributed by atoms with van der Waals surface area (Å²) in [5.74, 6) is -0.853. The monoisotopic (exact) mass is 255 g/mol. The van der Waals surface area contributed by atoms with Crippen LogP contribution in [0.15, 0.2) is 18.2 Å². The Labute approximate surface area is 105 Å². The first-order valence-corrected chi connectivity index (χ1v) is 6.19. The average molecular weight is 256 g/mol. The molecule has 1 aromatic carbocycles. The summed E-state index contributed by atoms with van der Waals surface area (Å²) in [4.78, 5) is 11.7. The molecule has 17 heavy (non-hydrogen) atoms. The van der Waals surface area contributed by atoms with E-state index in [-0.39, 0.29) is 10.9 Å². The van der Waals surface area contributed by atoms with Crippen LogP contribution in [0.4, 0.5) is 4.39 Å². The zero-order valence-electron chi connectivity index (χ0n) is 9.51. The molecule has 0 unspecified atom stereocenters. The Bertz CT molecular complexity index is 441. The summed E-state index contributed by atoms with van der Waals surface area (Å²) < 4.78 is 13.5. The number of benzene rings is 1. The van der Waals surface area contributed by atoms with Gasteiger partial charge >= 0.3 is 0 Å². The van der Waals surface area contributed by atoms with Crippen LogP contribution < -0.4 is 5.73 Å². The van der Waals surface area contributed by atoms with Gasteiger partial charge in [-0.05, 0) is 30.5 Å². The van der Waals surface area contributed by atoms with Crippen LogP contribution >= 0.6 is 11.6 Å². The van der Waals surface area contributed by atoms with E-state index in [4.69, 9.17) is 17.3 Å². The lowest BCUT2D eigenvalue weighted by Gasteiger charge is -2.34. The summed E-state index contributed by atoms with van der Waals surface area (Å²) in [6.07, 6.45) is 4.40. The van der Waals surface area contributed by atoms with Crippen molar-refractivity contribution in [3.63, 3.8) is 0 Å². The van der Waals surface area contributed by atoms with Crippen molar-refractivity contribution in [1.29, 1.82) is 0 Å². The Morgan fingerprint density at radius 1 is 1.29 bits per heavy atom. The van der Waals surface area contributed by atoms with E-state index in [2.05, 4.69) is 0 Å². The van der Waals surface area contributed by atoms with Crippen molar-refractivity contribution in [3.8, 4) is 0 Å². The fraction of sp³-hybridized carbons (Fsp3) is 0.462. The molecule has 4 heteroatoms. The van der Waals surface area contributed by atoms with Gasteiger partial charge in [0.05, 0.1) is 10.4 Å². The van der Waals surface area contributed by atoms with Crippen LogP contribution in [0.5, 0.6) is 0 Å². The second kappa shape index (κ2) is 4.65. The molecule has 1 aromatic rings. The van der Waals surface area contributed by atoms with Crippen LogP contribution in [0, 0.1) is 5.82 Å². The van der Waals surface area contributed by atoms with Crippen LogP contribution in [-0.2, 0) is 10.2 Å². The van der Waals surface area contributed by atoms with Crippen molar-refractivity contribution in [3.05, 3.63) is 34.6 Å². The molecule has 1 amide bonds. The van der Waals surface area contributed by atoms with E-state index < -0.39 is 11.2 Å². The number of hydrogen-bond donors (Lipinski definition) is 1. The molecule has 1 aliphatic rings. The van der Waals surface area contributed by atoms with Crippen molar-refractivity contribution >= 4 is 17.5 Å². The quantitative estimate of drug-likeness (QED) is 0.867. The van der Waals surface area contributed by atoms with Crippen LogP contribution in [0.25, 0.3) is 0 Å². The Kier molecular flexibility index (Phi) is 3.38. The van der Waals surface area contributed by atoms with Crippen molar-refractivity contribution in [2.24, 2.45) is 5.73 Å². The fourth-order valence-corrected chi connectivity index (χ4v) is 2.74. The van der Waals surface area contributed by atoms with Crippen molar-refractivity contribution in [2.75, 3.05) is 0 Å². The zero-order valence-corrected chi connectivity index (χ0v) is 10.3. The highest BCUT2D eigenvalue weighted by Crippen LogP contribution is 2.40. The smallest absolute Gasteiger partial charge is 0.228 e. The number of rotatable bonds is 2. The van der Waals surface area contributed by atoms with E-state index in [0.717, 1.165) is 19.3 Å². The molecule has 2 nitrogen and oxygen atoms in total. The number of primary amides is 1. The van der Waals surface area contributed by atoms with Crippen LogP contribution in [0.1, 0.15) is 37.7 Å². The summed E-state index contributed by atoms with van der Waals surface area (Å²) >= 11 is 5.65. The molecule has 0 heterocycles. The minimum Gasteiger partial charge on any atom is -0.369 e. The first-order valence-electron chi connectivity index (χ1n) is 5.82. The number of carbonyl (C=O) groups is 1. The third-order valence-corrected chi connectivity index (χ3v) is 3.96. The lowest BCUT2D eigenvalue weighted by molar-refractivity contribution is -0.124. The molecule has 1 saturated carbocycles. The average Bonchev–Trinajstić information content (AvgIpc) is 2.33. The topological polar surface area (TPSA) is 43.1 Å². The lowest BCUT2D eigenvalue weighted by atomic mass is 9.69. The van der Waals surface area contributed by atoms with Crippen molar-refractivity contribution in [2.45, 2.75) is 37.5 Å². The van der Waals surface area contributed by atoms with Gasteiger partial charge < -0.3 is 5.73 Å². The summed E-state index contributed by atoms with van der Waals surface area (Å²) in [5, 5.41) is 0.0733. The first kappa shape index (κ1) is 12.4. The molecule has 0 spiro atoms. The van der Waals surface area contributed by atoms with Crippen LogP contribution in [0.2, 0.25) is 5.02 Å². The van der Waals surface area contributed by atoms with Crippen molar-refractivity contribution in [1.82, 2.24) is 0 Å². The molecule has 0 atom stereocenters. The number of carbonyl (C=O) groups excluding carboxylic acids is 1. The number of nitrogens with two attached hydrogens (primary N) is 1. The summed E-state index contributed by atoms with van der Waals surface area (Å²) in [5.41, 5.74) is 5.48. The molecule has 0 aliphatic heterocycles. The van der Waals surface area contributed by atoms with E-state index in [0.29, 0.717) is 18.4 Å². The van der Waals surface area contributed by atoms with E-state index in [1.165, 1.54) is 12.1 Å². The highest BCUT2D eigenvalue weighted by atomic mass is 35.5. The standard InChI is InChI=1S/C13H15ClFNO/c14-10-5-4-9(8-11(10)15)13(12(16)17)6-2-1-3-7-13/h4-5,8H,1-3,6-7H2,(H2,16,17). The van der Waals surface area contributed by atoms with Gasteiger partial charge in [-0.25, -0.2) is 4.39 Å². The Balaban J connectivity index is 2.45. The molecule has 0 saturated heterocycles. The third kappa shape index (κ3) is 2.16. The summed E-state index contributed by atoms with van der Waals surface area (Å²) in [6, 6.07) is 4.55.